The van der Waals surface area contributed by atoms with E-state index in [0.29, 0.717) is 16.3 Å². The molecule has 0 saturated carbocycles. The summed E-state index contributed by atoms with van der Waals surface area (Å²) in [6.45, 7) is 1.88. The van der Waals surface area contributed by atoms with E-state index in [0.717, 1.165) is 11.6 Å². The van der Waals surface area contributed by atoms with Crippen molar-refractivity contribution in [3.63, 3.8) is 0 Å². The summed E-state index contributed by atoms with van der Waals surface area (Å²) in [6.07, 6.45) is 0. The summed E-state index contributed by atoms with van der Waals surface area (Å²) in [5, 5.41) is 0.414. The van der Waals surface area contributed by atoms with Gasteiger partial charge in [0.2, 0.25) is 0 Å². The molecule has 1 unspecified atom stereocenters. The molecule has 0 spiro atoms. The minimum atomic E-state index is -0.637. The average Bonchev–Trinajstić information content (AvgIpc) is 2.36. The molecule has 0 saturated heterocycles. The summed E-state index contributed by atoms with van der Waals surface area (Å²) >= 11 is 6.07. The van der Waals surface area contributed by atoms with Crippen LogP contribution in [0.15, 0.2) is 36.4 Å². The fraction of sp³-hybridized carbons (Fsp3) is 0.200. The second-order valence-corrected chi connectivity index (χ2v) is 4.95. The lowest BCUT2D eigenvalue weighted by Gasteiger charge is -2.11. The zero-order valence-electron chi connectivity index (χ0n) is 10.9. The SMILES string of the molecule is CC(N)c1ccc(OCc2cc(F)cc(F)c2)c(Cl)c1. The molecule has 106 valence electrons. The van der Waals surface area contributed by atoms with Crippen LogP contribution in [0.5, 0.6) is 5.75 Å². The Hall–Kier alpha value is -1.65. The first-order valence-corrected chi connectivity index (χ1v) is 6.46. The van der Waals surface area contributed by atoms with Gasteiger partial charge in [0, 0.05) is 12.1 Å². The summed E-state index contributed by atoms with van der Waals surface area (Å²) in [6, 6.07) is 8.33. The molecule has 2 aromatic rings. The van der Waals surface area contributed by atoms with Gasteiger partial charge in [0.25, 0.3) is 0 Å². The molecule has 0 heterocycles. The zero-order chi connectivity index (χ0) is 14.7. The van der Waals surface area contributed by atoms with E-state index < -0.39 is 11.6 Å². The maximum absolute atomic E-state index is 13.0. The lowest BCUT2D eigenvalue weighted by atomic mass is 10.1. The third-order valence-corrected chi connectivity index (χ3v) is 3.09. The van der Waals surface area contributed by atoms with Gasteiger partial charge in [-0.15, -0.1) is 0 Å². The maximum atomic E-state index is 13.0. The number of hydrogen-bond donors (Lipinski definition) is 1. The molecular weight excluding hydrogens is 284 g/mol. The van der Waals surface area contributed by atoms with E-state index >= 15 is 0 Å². The van der Waals surface area contributed by atoms with Crippen LogP contribution in [0.1, 0.15) is 24.1 Å². The lowest BCUT2D eigenvalue weighted by Crippen LogP contribution is -2.05. The molecule has 2 rings (SSSR count). The van der Waals surface area contributed by atoms with E-state index in [2.05, 4.69) is 0 Å². The highest BCUT2D eigenvalue weighted by atomic mass is 35.5. The van der Waals surface area contributed by atoms with Gasteiger partial charge in [0.05, 0.1) is 5.02 Å². The van der Waals surface area contributed by atoms with Gasteiger partial charge in [-0.1, -0.05) is 17.7 Å². The highest BCUT2D eigenvalue weighted by Gasteiger charge is 2.07. The van der Waals surface area contributed by atoms with E-state index in [4.69, 9.17) is 22.1 Å². The van der Waals surface area contributed by atoms with Crippen LogP contribution >= 0.6 is 11.6 Å². The smallest absolute Gasteiger partial charge is 0.138 e. The van der Waals surface area contributed by atoms with Gasteiger partial charge in [0.1, 0.15) is 24.0 Å². The number of benzene rings is 2. The van der Waals surface area contributed by atoms with Crippen molar-refractivity contribution in [1.82, 2.24) is 0 Å². The molecule has 0 aliphatic carbocycles. The monoisotopic (exact) mass is 297 g/mol. The van der Waals surface area contributed by atoms with Crippen molar-refractivity contribution in [2.75, 3.05) is 0 Å². The Morgan fingerprint density at radius 2 is 1.80 bits per heavy atom. The van der Waals surface area contributed by atoms with Crippen molar-refractivity contribution in [2.24, 2.45) is 5.73 Å². The second kappa shape index (κ2) is 6.20. The third-order valence-electron chi connectivity index (χ3n) is 2.80. The number of hydrogen-bond acceptors (Lipinski definition) is 2. The summed E-state index contributed by atoms with van der Waals surface area (Å²) in [5.74, 6) is -0.829. The molecule has 1 atom stereocenters. The fourth-order valence-electron chi connectivity index (χ4n) is 1.77. The highest BCUT2D eigenvalue weighted by molar-refractivity contribution is 6.32. The van der Waals surface area contributed by atoms with Crippen LogP contribution in [0.4, 0.5) is 8.78 Å². The molecule has 2 aromatic carbocycles. The predicted octanol–water partition coefficient (Wildman–Crippen LogP) is 4.22. The number of nitrogens with two attached hydrogens (primary N) is 1. The Bertz CT molecular complexity index is 597. The van der Waals surface area contributed by atoms with Gasteiger partial charge in [-0.3, -0.25) is 0 Å². The largest absolute Gasteiger partial charge is 0.487 e. The van der Waals surface area contributed by atoms with Crippen molar-refractivity contribution in [1.29, 1.82) is 0 Å². The van der Waals surface area contributed by atoms with E-state index in [1.165, 1.54) is 12.1 Å². The first-order chi connectivity index (χ1) is 9.45. The van der Waals surface area contributed by atoms with Crippen molar-refractivity contribution < 1.29 is 13.5 Å². The van der Waals surface area contributed by atoms with Gasteiger partial charge >= 0.3 is 0 Å². The molecule has 0 aliphatic rings. The second-order valence-electron chi connectivity index (χ2n) is 4.54. The molecule has 5 heteroatoms. The Labute approximate surface area is 121 Å². The Kier molecular flexibility index (Phi) is 4.57. The number of ether oxygens (including phenoxy) is 1. The summed E-state index contributed by atoms with van der Waals surface area (Å²) in [4.78, 5) is 0. The molecule has 0 radical (unpaired) electrons. The van der Waals surface area contributed by atoms with Crippen molar-refractivity contribution in [3.8, 4) is 5.75 Å². The van der Waals surface area contributed by atoms with Gasteiger partial charge in [0.15, 0.2) is 0 Å². The molecule has 0 fully saturated rings. The van der Waals surface area contributed by atoms with Crippen LogP contribution in [-0.4, -0.2) is 0 Å². The van der Waals surface area contributed by atoms with Gasteiger partial charge < -0.3 is 10.5 Å². The van der Waals surface area contributed by atoms with Gasteiger partial charge in [-0.25, -0.2) is 8.78 Å². The quantitative estimate of drug-likeness (QED) is 0.917. The fourth-order valence-corrected chi connectivity index (χ4v) is 2.02. The number of halogens is 3. The molecule has 0 aliphatic heterocycles. The normalized spacial score (nSPS) is 12.2. The van der Waals surface area contributed by atoms with E-state index in [9.17, 15) is 8.78 Å². The Balaban J connectivity index is 2.11. The van der Waals surface area contributed by atoms with Crippen LogP contribution in [0.25, 0.3) is 0 Å². The minimum absolute atomic E-state index is 0.0337. The van der Waals surface area contributed by atoms with Crippen LogP contribution in [0, 0.1) is 11.6 Å². The molecule has 2 nitrogen and oxygen atoms in total. The molecule has 0 aromatic heterocycles. The van der Waals surface area contributed by atoms with Crippen LogP contribution in [0.2, 0.25) is 5.02 Å². The molecule has 0 bridgehead atoms. The standard InChI is InChI=1S/C15H14ClF2NO/c1-9(19)11-2-3-15(14(16)6-11)20-8-10-4-12(17)7-13(18)5-10/h2-7,9H,8,19H2,1H3. The van der Waals surface area contributed by atoms with E-state index in [1.807, 2.05) is 6.92 Å². The summed E-state index contributed by atoms with van der Waals surface area (Å²) in [7, 11) is 0. The first kappa shape index (κ1) is 14.8. The summed E-state index contributed by atoms with van der Waals surface area (Å²) in [5.41, 5.74) is 7.03. The minimum Gasteiger partial charge on any atom is -0.487 e. The van der Waals surface area contributed by atoms with Gasteiger partial charge in [-0.05, 0) is 42.3 Å². The molecule has 2 N–H and O–H groups in total. The lowest BCUT2D eigenvalue weighted by molar-refractivity contribution is 0.305. The van der Waals surface area contributed by atoms with Crippen molar-refractivity contribution >= 4 is 11.6 Å². The van der Waals surface area contributed by atoms with E-state index in [1.54, 1.807) is 18.2 Å². The predicted molar refractivity (Wildman–Crippen MR) is 74.7 cm³/mol. The van der Waals surface area contributed by atoms with Gasteiger partial charge in [-0.2, -0.15) is 0 Å². The highest BCUT2D eigenvalue weighted by Crippen LogP contribution is 2.28. The van der Waals surface area contributed by atoms with Crippen molar-refractivity contribution in [3.05, 3.63) is 64.2 Å². The first-order valence-electron chi connectivity index (χ1n) is 6.08. The van der Waals surface area contributed by atoms with E-state index in [-0.39, 0.29) is 12.6 Å². The number of rotatable bonds is 4. The van der Waals surface area contributed by atoms with Crippen molar-refractivity contribution in [2.45, 2.75) is 19.6 Å². The Morgan fingerprint density at radius 3 is 2.35 bits per heavy atom. The van der Waals surface area contributed by atoms with Crippen LogP contribution in [0.3, 0.4) is 0 Å². The summed E-state index contributed by atoms with van der Waals surface area (Å²) < 4.78 is 31.5. The topological polar surface area (TPSA) is 35.2 Å². The van der Waals surface area contributed by atoms with Crippen LogP contribution in [-0.2, 0) is 6.61 Å². The van der Waals surface area contributed by atoms with Crippen LogP contribution < -0.4 is 10.5 Å². The molecule has 0 amide bonds. The third kappa shape index (κ3) is 3.68. The molecule has 20 heavy (non-hydrogen) atoms. The zero-order valence-corrected chi connectivity index (χ0v) is 11.6. The maximum Gasteiger partial charge on any atom is 0.138 e. The average molecular weight is 298 g/mol. The Morgan fingerprint density at radius 1 is 1.15 bits per heavy atom. The molecular formula is C15H14ClF2NO.